The summed E-state index contributed by atoms with van der Waals surface area (Å²) in [6.45, 7) is 8.19. The van der Waals surface area contributed by atoms with E-state index >= 15 is 0 Å². The van der Waals surface area contributed by atoms with Crippen molar-refractivity contribution in [3.05, 3.63) is 112 Å². The van der Waals surface area contributed by atoms with Crippen LogP contribution >= 0.6 is 11.3 Å². The van der Waals surface area contributed by atoms with Crippen LogP contribution in [-0.4, -0.2) is 15.0 Å². The summed E-state index contributed by atoms with van der Waals surface area (Å²) in [5.41, 5.74) is 9.51. The Morgan fingerprint density at radius 3 is 2.41 bits per heavy atom. The van der Waals surface area contributed by atoms with Crippen LogP contribution in [0, 0.1) is 53.6 Å². The quantitative estimate of drug-likeness (QED) is 0.166. The Balaban J connectivity index is 0.000000204. The third-order valence-electron chi connectivity index (χ3n) is 7.23. The molecular formula is C35H29IrN3OS-2. The second kappa shape index (κ2) is 11.7. The minimum atomic E-state index is -2.27. The molecule has 7 rings (SSSR count). The van der Waals surface area contributed by atoms with Gasteiger partial charge in [0.05, 0.1) is 5.58 Å². The molecule has 0 fully saturated rings. The number of aryl methyl sites for hydroxylation is 6. The van der Waals surface area contributed by atoms with E-state index in [0.29, 0.717) is 11.3 Å². The Kier molecular flexibility index (Phi) is 7.12. The number of pyridine rings is 3. The van der Waals surface area contributed by atoms with Gasteiger partial charge in [-0.05, 0) is 69.2 Å². The van der Waals surface area contributed by atoms with Gasteiger partial charge in [0.25, 0.3) is 0 Å². The smallest absolute Gasteiger partial charge is 0.216 e. The molecule has 0 saturated carbocycles. The summed E-state index contributed by atoms with van der Waals surface area (Å²) < 4.78 is 29.9. The summed E-state index contributed by atoms with van der Waals surface area (Å²) in [7, 11) is 0. The van der Waals surface area contributed by atoms with Gasteiger partial charge in [-0.15, -0.1) is 64.9 Å². The zero-order chi connectivity index (χ0) is 30.5. The number of furan rings is 1. The number of hydrogen-bond donors (Lipinski definition) is 0. The first kappa shape index (κ1) is 25.0. The number of rotatable bonds is 2. The minimum Gasteiger partial charge on any atom is -0.486 e. The van der Waals surface area contributed by atoms with Crippen LogP contribution < -0.4 is 0 Å². The van der Waals surface area contributed by atoms with Gasteiger partial charge in [0.2, 0.25) is 5.71 Å². The largest absolute Gasteiger partial charge is 0.486 e. The second-order valence-electron chi connectivity index (χ2n) is 10.0. The first-order chi connectivity index (χ1) is 20.5. The van der Waals surface area contributed by atoms with Crippen molar-refractivity contribution in [1.82, 2.24) is 15.0 Å². The van der Waals surface area contributed by atoms with Gasteiger partial charge >= 0.3 is 0 Å². The fraction of sp³-hybridized carbons (Fsp3) is 0.171. The predicted octanol–water partition coefficient (Wildman–Crippen LogP) is 9.45. The topological polar surface area (TPSA) is 51.8 Å². The third-order valence-corrected chi connectivity index (χ3v) is 8.40. The van der Waals surface area contributed by atoms with E-state index in [1.54, 1.807) is 17.4 Å². The fourth-order valence-electron chi connectivity index (χ4n) is 4.62. The summed E-state index contributed by atoms with van der Waals surface area (Å²) in [4.78, 5) is 14.5. The summed E-state index contributed by atoms with van der Waals surface area (Å²) in [6, 6.07) is 23.8. The van der Waals surface area contributed by atoms with Gasteiger partial charge in [0, 0.05) is 62.7 Å². The van der Waals surface area contributed by atoms with E-state index < -0.39 is 6.85 Å². The predicted molar refractivity (Wildman–Crippen MR) is 166 cm³/mol. The molecule has 5 aromatic heterocycles. The summed E-state index contributed by atoms with van der Waals surface area (Å²) in [5.74, 6) is 0. The van der Waals surface area contributed by atoms with Gasteiger partial charge in [0.1, 0.15) is 0 Å². The molecule has 7 aromatic rings. The van der Waals surface area contributed by atoms with Gasteiger partial charge in [-0.3, -0.25) is 0 Å². The zero-order valence-corrected chi connectivity index (χ0v) is 26.6. The number of nitrogens with zero attached hydrogens (tertiary/aromatic N) is 3. The first-order valence-corrected chi connectivity index (χ1v) is 13.8. The van der Waals surface area contributed by atoms with Crippen molar-refractivity contribution in [2.75, 3.05) is 0 Å². The molecule has 207 valence electrons. The van der Waals surface area contributed by atoms with Crippen LogP contribution in [0.5, 0.6) is 0 Å². The van der Waals surface area contributed by atoms with E-state index in [0.717, 1.165) is 38.7 Å². The maximum absolute atomic E-state index is 7.57. The van der Waals surface area contributed by atoms with Crippen LogP contribution in [0.4, 0.5) is 0 Å². The van der Waals surface area contributed by atoms with Gasteiger partial charge in [-0.1, -0.05) is 35.6 Å². The van der Waals surface area contributed by atoms with E-state index in [2.05, 4.69) is 86.0 Å². The molecule has 41 heavy (non-hydrogen) atoms. The number of aromatic nitrogens is 3. The van der Waals surface area contributed by atoms with Crippen molar-refractivity contribution in [2.24, 2.45) is 0 Å². The molecule has 0 aliphatic rings. The molecule has 0 unspecified atom stereocenters. The van der Waals surface area contributed by atoms with Crippen molar-refractivity contribution in [3.63, 3.8) is 0 Å². The third kappa shape index (κ3) is 5.60. The Morgan fingerprint density at radius 2 is 1.66 bits per heavy atom. The second-order valence-corrected chi connectivity index (χ2v) is 11.3. The number of hydrogen-bond acceptors (Lipinski definition) is 5. The molecule has 0 aliphatic carbocycles. The van der Waals surface area contributed by atoms with Crippen molar-refractivity contribution < 1.29 is 28.6 Å². The summed E-state index contributed by atoms with van der Waals surface area (Å²) in [6.07, 6.45) is 3.81. The van der Waals surface area contributed by atoms with E-state index in [-0.39, 0.29) is 25.8 Å². The molecule has 0 amide bonds. The summed E-state index contributed by atoms with van der Waals surface area (Å²) in [5, 5.41) is 2.81. The molecule has 0 aliphatic heterocycles. The van der Waals surface area contributed by atoms with Gasteiger partial charge in [0.15, 0.2) is 0 Å². The SMILES string of the molecule is Cc1c[c-]c(-c2cc(C)c(C)cn2)cc1.[2H]C([2H])([2H])c1ccc2c(n1)oc1c(-c3cc4sc(C)c(C)c4cn3)[c-]ccc12.[Ir]. The molecule has 5 heterocycles. The molecule has 6 heteroatoms. The standard InChI is InChI=1S/C21H15N2OS.C14H14N.Ir/c1-11-7-8-15-14-5-4-6-16(20(14)24-21(15)23-11)18-9-19-17(10-22-18)12(2)13(3)25-19;1-10-4-6-13(7-5-10)14-8-11(2)12(3)9-15-14;/h4-5,7-10H,1-3H3;4-6,8-9H,1-3H3;/q2*-1;/i1D3;;. The number of thiophene rings is 1. The maximum atomic E-state index is 7.57. The molecule has 4 nitrogen and oxygen atoms in total. The zero-order valence-electron chi connectivity index (χ0n) is 26.3. The molecule has 0 bridgehead atoms. The average Bonchev–Trinajstić information content (AvgIpc) is 3.50. The maximum Gasteiger partial charge on any atom is 0.216 e. The molecule has 0 atom stereocenters. The van der Waals surface area contributed by atoms with Crippen LogP contribution in [0.3, 0.4) is 0 Å². The monoisotopic (exact) mass is 735 g/mol. The van der Waals surface area contributed by atoms with Crippen molar-refractivity contribution in [1.29, 1.82) is 0 Å². The Hall–Kier alpha value is -3.70. The van der Waals surface area contributed by atoms with Crippen LogP contribution in [0.2, 0.25) is 0 Å². The van der Waals surface area contributed by atoms with Gasteiger partial charge in [-0.25, -0.2) is 4.98 Å². The van der Waals surface area contributed by atoms with E-state index in [1.807, 2.05) is 30.6 Å². The molecular weight excluding hydrogens is 703 g/mol. The Bertz CT molecular complexity index is 2130. The molecule has 0 saturated heterocycles. The minimum absolute atomic E-state index is 0. The molecule has 1 radical (unpaired) electrons. The van der Waals surface area contributed by atoms with Crippen LogP contribution in [0.1, 0.15) is 36.9 Å². The Labute approximate surface area is 262 Å². The molecule has 2 aromatic carbocycles. The van der Waals surface area contributed by atoms with Crippen LogP contribution in [0.25, 0.3) is 54.7 Å². The van der Waals surface area contributed by atoms with Gasteiger partial charge < -0.3 is 14.4 Å². The Morgan fingerprint density at radius 1 is 0.829 bits per heavy atom. The van der Waals surface area contributed by atoms with Crippen molar-refractivity contribution in [3.8, 4) is 22.5 Å². The van der Waals surface area contributed by atoms with Crippen LogP contribution in [0.15, 0.2) is 71.4 Å². The van der Waals surface area contributed by atoms with Crippen LogP contribution in [-0.2, 0) is 20.1 Å². The molecule has 0 N–H and O–H groups in total. The van der Waals surface area contributed by atoms with E-state index in [9.17, 15) is 0 Å². The number of benzene rings is 2. The normalized spacial score (nSPS) is 12.4. The summed E-state index contributed by atoms with van der Waals surface area (Å²) >= 11 is 1.74. The average molecular weight is 735 g/mol. The molecule has 0 spiro atoms. The van der Waals surface area contributed by atoms with E-state index in [4.69, 9.17) is 8.53 Å². The van der Waals surface area contributed by atoms with E-state index in [1.165, 1.54) is 37.9 Å². The van der Waals surface area contributed by atoms with Crippen molar-refractivity contribution >= 4 is 43.5 Å². The van der Waals surface area contributed by atoms with Crippen molar-refractivity contribution in [2.45, 2.75) is 41.5 Å². The fourth-order valence-corrected chi connectivity index (χ4v) is 5.70. The number of fused-ring (bicyclic) bond motifs is 4. The first-order valence-electron chi connectivity index (χ1n) is 14.5. The van der Waals surface area contributed by atoms with Gasteiger partial charge in [-0.2, -0.15) is 0 Å².